The minimum absolute atomic E-state index is 0.170. The molecule has 1 aromatic heterocycles. The van der Waals surface area contributed by atoms with Gasteiger partial charge in [-0.1, -0.05) is 12.8 Å². The molecule has 0 unspecified atom stereocenters. The Morgan fingerprint density at radius 3 is 2.82 bits per heavy atom. The van der Waals surface area contributed by atoms with Gasteiger partial charge in [-0.25, -0.2) is 4.98 Å². The van der Waals surface area contributed by atoms with Gasteiger partial charge in [0.25, 0.3) is 0 Å². The Morgan fingerprint density at radius 1 is 1.41 bits per heavy atom. The molecule has 0 aliphatic heterocycles. The first-order chi connectivity index (χ1) is 8.04. The quantitative estimate of drug-likeness (QED) is 0.821. The van der Waals surface area contributed by atoms with Crippen molar-refractivity contribution in [3.8, 4) is 0 Å². The van der Waals surface area contributed by atoms with Gasteiger partial charge in [0.05, 0.1) is 12.0 Å². The summed E-state index contributed by atoms with van der Waals surface area (Å²) in [6.07, 6.45) is 9.56. The highest BCUT2D eigenvalue weighted by molar-refractivity contribution is 4.98. The van der Waals surface area contributed by atoms with E-state index in [1.54, 1.807) is 0 Å². The maximum atomic E-state index is 4.26. The Morgan fingerprint density at radius 2 is 2.18 bits per heavy atom. The first kappa shape index (κ1) is 12.6. The van der Waals surface area contributed by atoms with Gasteiger partial charge in [0.15, 0.2) is 0 Å². The van der Waals surface area contributed by atoms with Gasteiger partial charge in [-0.15, -0.1) is 0 Å². The maximum absolute atomic E-state index is 4.26. The van der Waals surface area contributed by atoms with E-state index in [-0.39, 0.29) is 5.54 Å². The van der Waals surface area contributed by atoms with Crippen molar-refractivity contribution < 1.29 is 0 Å². The number of aryl methyl sites for hydroxylation is 1. The lowest BCUT2D eigenvalue weighted by atomic mass is 10.1. The molecular weight excluding hydrogens is 210 g/mol. The van der Waals surface area contributed by atoms with E-state index < -0.39 is 0 Å². The fraction of sp³-hybridized carbons (Fsp3) is 0.786. The highest BCUT2D eigenvalue weighted by Gasteiger charge is 2.20. The molecular formula is C14H25N3. The van der Waals surface area contributed by atoms with Crippen LogP contribution in [0.1, 0.15) is 52.1 Å². The SMILES string of the molecule is CC(C)(C)NCc1cncn1CCCC1CC1. The number of nitrogens with one attached hydrogen (secondary N) is 1. The predicted molar refractivity (Wildman–Crippen MR) is 70.8 cm³/mol. The van der Waals surface area contributed by atoms with Crippen LogP contribution in [0.2, 0.25) is 0 Å². The van der Waals surface area contributed by atoms with Crippen molar-refractivity contribution in [2.75, 3.05) is 0 Å². The molecule has 0 aromatic carbocycles. The summed E-state index contributed by atoms with van der Waals surface area (Å²) in [5.41, 5.74) is 1.47. The van der Waals surface area contributed by atoms with Crippen molar-refractivity contribution >= 4 is 0 Å². The number of hydrogen-bond acceptors (Lipinski definition) is 2. The third-order valence-electron chi connectivity index (χ3n) is 3.31. The maximum Gasteiger partial charge on any atom is 0.0948 e. The van der Waals surface area contributed by atoms with Crippen LogP contribution in [0.4, 0.5) is 0 Å². The second-order valence-electron chi connectivity index (χ2n) is 6.27. The molecule has 0 saturated heterocycles. The van der Waals surface area contributed by atoms with E-state index in [1.165, 1.54) is 31.4 Å². The summed E-state index contributed by atoms with van der Waals surface area (Å²) >= 11 is 0. The average Bonchev–Trinajstić information content (AvgIpc) is 2.93. The zero-order chi connectivity index (χ0) is 12.3. The van der Waals surface area contributed by atoms with Gasteiger partial charge in [0.1, 0.15) is 0 Å². The van der Waals surface area contributed by atoms with Crippen LogP contribution in [0, 0.1) is 5.92 Å². The molecule has 2 rings (SSSR count). The zero-order valence-corrected chi connectivity index (χ0v) is 11.4. The predicted octanol–water partition coefficient (Wildman–Crippen LogP) is 2.96. The van der Waals surface area contributed by atoms with Crippen LogP contribution in [0.15, 0.2) is 12.5 Å². The monoisotopic (exact) mass is 235 g/mol. The van der Waals surface area contributed by atoms with E-state index in [1.807, 2.05) is 12.5 Å². The van der Waals surface area contributed by atoms with Gasteiger partial charge in [-0.05, 0) is 39.5 Å². The number of rotatable bonds is 6. The molecule has 0 atom stereocenters. The Kier molecular flexibility index (Phi) is 3.87. The van der Waals surface area contributed by atoms with Crippen LogP contribution in [-0.4, -0.2) is 15.1 Å². The van der Waals surface area contributed by atoms with Crippen molar-refractivity contribution in [1.82, 2.24) is 14.9 Å². The molecule has 0 radical (unpaired) electrons. The molecule has 1 aromatic rings. The molecule has 3 heteroatoms. The first-order valence-electron chi connectivity index (χ1n) is 6.78. The molecule has 1 aliphatic carbocycles. The van der Waals surface area contributed by atoms with Gasteiger partial charge in [-0.2, -0.15) is 0 Å². The number of imidazole rings is 1. The van der Waals surface area contributed by atoms with Crippen LogP contribution in [0.25, 0.3) is 0 Å². The molecule has 17 heavy (non-hydrogen) atoms. The van der Waals surface area contributed by atoms with Crippen molar-refractivity contribution in [1.29, 1.82) is 0 Å². The fourth-order valence-corrected chi connectivity index (χ4v) is 2.01. The lowest BCUT2D eigenvalue weighted by Gasteiger charge is -2.21. The second kappa shape index (κ2) is 5.21. The summed E-state index contributed by atoms with van der Waals surface area (Å²) in [6, 6.07) is 0. The van der Waals surface area contributed by atoms with Gasteiger partial charge >= 0.3 is 0 Å². The smallest absolute Gasteiger partial charge is 0.0948 e. The highest BCUT2D eigenvalue weighted by Crippen LogP contribution is 2.33. The van der Waals surface area contributed by atoms with Gasteiger partial charge < -0.3 is 9.88 Å². The molecule has 1 N–H and O–H groups in total. The first-order valence-corrected chi connectivity index (χ1v) is 6.78. The molecule has 0 bridgehead atoms. The second-order valence-corrected chi connectivity index (χ2v) is 6.27. The molecule has 0 spiro atoms. The Labute approximate surface area is 105 Å². The van der Waals surface area contributed by atoms with E-state index in [4.69, 9.17) is 0 Å². The number of nitrogens with zero attached hydrogens (tertiary/aromatic N) is 2. The highest BCUT2D eigenvalue weighted by atomic mass is 15.1. The lowest BCUT2D eigenvalue weighted by Crippen LogP contribution is -2.35. The number of aromatic nitrogens is 2. The fourth-order valence-electron chi connectivity index (χ4n) is 2.01. The average molecular weight is 235 g/mol. The molecule has 3 nitrogen and oxygen atoms in total. The Hall–Kier alpha value is -0.830. The molecule has 1 heterocycles. The zero-order valence-electron chi connectivity index (χ0n) is 11.4. The van der Waals surface area contributed by atoms with Crippen LogP contribution in [0.3, 0.4) is 0 Å². The molecule has 1 fully saturated rings. The summed E-state index contributed by atoms with van der Waals surface area (Å²) in [5, 5.41) is 3.52. The number of hydrogen-bond donors (Lipinski definition) is 1. The van der Waals surface area contributed by atoms with Crippen LogP contribution in [-0.2, 0) is 13.1 Å². The van der Waals surface area contributed by atoms with Crippen molar-refractivity contribution in [3.63, 3.8) is 0 Å². The van der Waals surface area contributed by atoms with E-state index >= 15 is 0 Å². The summed E-state index contributed by atoms with van der Waals surface area (Å²) in [5.74, 6) is 1.04. The normalized spacial score (nSPS) is 16.4. The van der Waals surface area contributed by atoms with Crippen molar-refractivity contribution in [2.24, 2.45) is 5.92 Å². The lowest BCUT2D eigenvalue weighted by molar-refractivity contribution is 0.414. The molecule has 0 amide bonds. The van der Waals surface area contributed by atoms with E-state index in [0.29, 0.717) is 0 Å². The molecule has 1 saturated carbocycles. The van der Waals surface area contributed by atoms with E-state index in [2.05, 4.69) is 35.6 Å². The van der Waals surface area contributed by atoms with Gasteiger partial charge in [0, 0.05) is 24.8 Å². The summed E-state index contributed by atoms with van der Waals surface area (Å²) in [4.78, 5) is 4.26. The van der Waals surface area contributed by atoms with Crippen LogP contribution >= 0.6 is 0 Å². The third kappa shape index (κ3) is 4.50. The Bertz CT molecular complexity index is 345. The standard InChI is InChI=1S/C14H25N3/c1-14(2,3)16-10-13-9-15-11-17(13)8-4-5-12-6-7-12/h9,11-12,16H,4-8,10H2,1-3H3. The van der Waals surface area contributed by atoms with Crippen LogP contribution in [0.5, 0.6) is 0 Å². The summed E-state index contributed by atoms with van der Waals surface area (Å²) in [6.45, 7) is 8.62. The molecule has 1 aliphatic rings. The van der Waals surface area contributed by atoms with E-state index in [0.717, 1.165) is 19.0 Å². The minimum atomic E-state index is 0.170. The van der Waals surface area contributed by atoms with Gasteiger partial charge in [0.2, 0.25) is 0 Å². The summed E-state index contributed by atoms with van der Waals surface area (Å²) < 4.78 is 2.29. The van der Waals surface area contributed by atoms with Crippen LogP contribution < -0.4 is 5.32 Å². The van der Waals surface area contributed by atoms with Crippen molar-refractivity contribution in [3.05, 3.63) is 18.2 Å². The molecule has 96 valence electrons. The van der Waals surface area contributed by atoms with Gasteiger partial charge in [-0.3, -0.25) is 0 Å². The Balaban J connectivity index is 1.78. The third-order valence-corrected chi connectivity index (χ3v) is 3.31. The topological polar surface area (TPSA) is 29.9 Å². The summed E-state index contributed by atoms with van der Waals surface area (Å²) in [7, 11) is 0. The largest absolute Gasteiger partial charge is 0.333 e. The van der Waals surface area contributed by atoms with Crippen molar-refractivity contribution in [2.45, 2.75) is 65.1 Å². The minimum Gasteiger partial charge on any atom is -0.333 e. The van der Waals surface area contributed by atoms with E-state index in [9.17, 15) is 0 Å².